The third-order valence-electron chi connectivity index (χ3n) is 6.93. The van der Waals surface area contributed by atoms with Gasteiger partial charge >= 0.3 is 0 Å². The maximum Gasteiger partial charge on any atom is 0.294 e. The van der Waals surface area contributed by atoms with E-state index in [0.717, 1.165) is 29.7 Å². The second-order valence-corrected chi connectivity index (χ2v) is 12.6. The molecule has 0 saturated carbocycles. The number of aliphatic hydroxyl groups excluding tert-OH is 1. The SMILES string of the molecule is CCN(CCO)c1ccc(N=C2C(C(C)(C)C)=Nn3nc(-c4ccc(NC(=O)c5cccc(S(=O)(=O)O)c5)cc4)nc32)cc1. The summed E-state index contributed by atoms with van der Waals surface area (Å²) >= 11 is 0. The second-order valence-electron chi connectivity index (χ2n) is 11.2. The van der Waals surface area contributed by atoms with Crippen molar-refractivity contribution in [2.45, 2.75) is 32.6 Å². The second kappa shape index (κ2) is 12.1. The molecular weight excluding hydrogens is 582 g/mol. The topological polar surface area (TPSA) is 162 Å². The standard InChI is InChI=1S/C31H33N7O5S/c1-5-37(17-18-39)24-15-13-22(14-16-24)32-26-27(31(2,3)4)35-38-29(26)34-28(36-38)20-9-11-23(12-10-20)33-30(40)21-7-6-8-25(19-21)44(41,42)43/h6-16,19,39H,5,17-18H2,1-4H3,(H,33,40)(H,41,42,43). The van der Waals surface area contributed by atoms with Crippen molar-refractivity contribution in [2.24, 2.45) is 15.5 Å². The van der Waals surface area contributed by atoms with Crippen LogP contribution in [0.3, 0.4) is 0 Å². The molecule has 3 aromatic carbocycles. The van der Waals surface area contributed by atoms with Crippen LogP contribution in [0.5, 0.6) is 0 Å². The van der Waals surface area contributed by atoms with E-state index in [1.807, 2.05) is 31.2 Å². The first-order chi connectivity index (χ1) is 20.9. The molecule has 0 fully saturated rings. The highest BCUT2D eigenvalue weighted by atomic mass is 32.2. The zero-order valence-electron chi connectivity index (χ0n) is 24.8. The molecule has 0 aliphatic carbocycles. The normalized spacial score (nSPS) is 14.0. The zero-order valence-corrected chi connectivity index (χ0v) is 25.6. The van der Waals surface area contributed by atoms with E-state index in [2.05, 4.69) is 36.1 Å². The highest BCUT2D eigenvalue weighted by molar-refractivity contribution is 7.85. The molecule has 228 valence electrons. The third-order valence-corrected chi connectivity index (χ3v) is 7.78. The largest absolute Gasteiger partial charge is 0.395 e. The first kappa shape index (κ1) is 30.7. The van der Waals surface area contributed by atoms with Crippen LogP contribution < -0.4 is 10.2 Å². The lowest BCUT2D eigenvalue weighted by atomic mass is 9.87. The van der Waals surface area contributed by atoms with E-state index >= 15 is 0 Å². The maximum atomic E-state index is 12.7. The van der Waals surface area contributed by atoms with E-state index in [9.17, 15) is 22.9 Å². The first-order valence-electron chi connectivity index (χ1n) is 14.0. The van der Waals surface area contributed by atoms with Crippen molar-refractivity contribution in [3.8, 4) is 11.4 Å². The molecule has 0 bridgehead atoms. The number of aromatic nitrogens is 3. The van der Waals surface area contributed by atoms with Gasteiger partial charge in [0.05, 0.1) is 22.9 Å². The summed E-state index contributed by atoms with van der Waals surface area (Å²) in [6, 6.07) is 19.8. The van der Waals surface area contributed by atoms with Crippen LogP contribution in [0.25, 0.3) is 11.4 Å². The van der Waals surface area contributed by atoms with Crippen LogP contribution >= 0.6 is 0 Å². The predicted octanol–water partition coefficient (Wildman–Crippen LogP) is 4.65. The minimum absolute atomic E-state index is 0.0762. The van der Waals surface area contributed by atoms with Crippen LogP contribution in [-0.4, -0.2) is 70.0 Å². The van der Waals surface area contributed by atoms with E-state index in [1.165, 1.54) is 23.0 Å². The Morgan fingerprint density at radius 3 is 2.36 bits per heavy atom. The Hall–Kier alpha value is -4.72. The highest BCUT2D eigenvalue weighted by Gasteiger charge is 2.35. The number of carbonyl (C=O) groups is 1. The van der Waals surface area contributed by atoms with Gasteiger partial charge in [-0.3, -0.25) is 9.35 Å². The summed E-state index contributed by atoms with van der Waals surface area (Å²) in [6.07, 6.45) is 0. The number of aliphatic imine (C=N–C) groups is 1. The Bertz CT molecular complexity index is 1860. The van der Waals surface area contributed by atoms with Crippen molar-refractivity contribution >= 4 is 44.5 Å². The van der Waals surface area contributed by atoms with E-state index in [0.29, 0.717) is 35.2 Å². The maximum absolute atomic E-state index is 12.7. The molecule has 3 N–H and O–H groups in total. The molecule has 2 heterocycles. The van der Waals surface area contributed by atoms with Crippen LogP contribution in [0.15, 0.2) is 87.8 Å². The van der Waals surface area contributed by atoms with Gasteiger partial charge in [0.2, 0.25) is 5.82 Å². The molecule has 0 spiro atoms. The van der Waals surface area contributed by atoms with Crippen molar-refractivity contribution < 1.29 is 22.9 Å². The first-order valence-corrected chi connectivity index (χ1v) is 15.4. The van der Waals surface area contributed by atoms with Gasteiger partial charge in [0.1, 0.15) is 5.71 Å². The predicted molar refractivity (Wildman–Crippen MR) is 170 cm³/mol. The smallest absolute Gasteiger partial charge is 0.294 e. The molecule has 12 nitrogen and oxygen atoms in total. The lowest BCUT2D eigenvalue weighted by Crippen LogP contribution is -2.27. The zero-order chi connectivity index (χ0) is 31.6. The number of anilines is 2. The molecule has 1 aromatic heterocycles. The minimum atomic E-state index is -4.43. The summed E-state index contributed by atoms with van der Waals surface area (Å²) in [7, 11) is -4.43. The van der Waals surface area contributed by atoms with Gasteiger partial charge in [-0.25, -0.2) is 9.98 Å². The summed E-state index contributed by atoms with van der Waals surface area (Å²) in [4.78, 5) is 25.6. The quantitative estimate of drug-likeness (QED) is 0.229. The number of hydrogen-bond donors (Lipinski definition) is 3. The molecule has 0 atom stereocenters. The molecule has 44 heavy (non-hydrogen) atoms. The van der Waals surface area contributed by atoms with Crippen LogP contribution in [0.1, 0.15) is 43.9 Å². The molecule has 5 rings (SSSR count). The van der Waals surface area contributed by atoms with Gasteiger partial charge in [-0.15, -0.1) is 9.89 Å². The minimum Gasteiger partial charge on any atom is -0.395 e. The number of fused-ring (bicyclic) bond motifs is 1. The lowest BCUT2D eigenvalue weighted by Gasteiger charge is -2.22. The molecule has 1 aliphatic rings. The van der Waals surface area contributed by atoms with Gasteiger partial charge in [0.25, 0.3) is 16.0 Å². The fraction of sp³-hybridized carbons (Fsp3) is 0.258. The van der Waals surface area contributed by atoms with Gasteiger partial charge in [0, 0.05) is 41.0 Å². The summed E-state index contributed by atoms with van der Waals surface area (Å²) < 4.78 is 32.1. The molecule has 0 radical (unpaired) electrons. The van der Waals surface area contributed by atoms with Gasteiger partial charge in [-0.1, -0.05) is 26.8 Å². The number of likely N-dealkylation sites (N-methyl/N-ethyl adjacent to an activating group) is 1. The summed E-state index contributed by atoms with van der Waals surface area (Å²) in [5, 5.41) is 21.4. The molecule has 0 unspecified atom stereocenters. The lowest BCUT2D eigenvalue weighted by molar-refractivity contribution is 0.102. The van der Waals surface area contributed by atoms with Gasteiger partial charge in [0.15, 0.2) is 5.82 Å². The third kappa shape index (κ3) is 6.59. The van der Waals surface area contributed by atoms with Crippen molar-refractivity contribution in [1.29, 1.82) is 0 Å². The van der Waals surface area contributed by atoms with Gasteiger partial charge in [-0.05, 0) is 73.7 Å². The summed E-state index contributed by atoms with van der Waals surface area (Å²) in [5.41, 5.74) is 4.05. The number of nitrogens with one attached hydrogen (secondary N) is 1. The Balaban J connectivity index is 1.39. The van der Waals surface area contributed by atoms with Crippen molar-refractivity contribution in [2.75, 3.05) is 29.9 Å². The Labute approximate surface area is 255 Å². The van der Waals surface area contributed by atoms with Crippen molar-refractivity contribution in [3.05, 3.63) is 84.2 Å². The average molecular weight is 616 g/mol. The van der Waals surface area contributed by atoms with Gasteiger partial charge < -0.3 is 15.3 Å². The number of carbonyl (C=O) groups excluding carboxylic acids is 1. The van der Waals surface area contributed by atoms with E-state index in [4.69, 9.17) is 15.1 Å². The van der Waals surface area contributed by atoms with Crippen molar-refractivity contribution in [3.63, 3.8) is 0 Å². The summed E-state index contributed by atoms with van der Waals surface area (Å²) in [6.45, 7) is 9.60. The highest BCUT2D eigenvalue weighted by Crippen LogP contribution is 2.29. The number of benzene rings is 3. The molecule has 1 amide bonds. The van der Waals surface area contributed by atoms with Crippen molar-refractivity contribution in [1.82, 2.24) is 14.9 Å². The number of amides is 1. The molecule has 13 heteroatoms. The number of nitrogens with zero attached hydrogens (tertiary/aromatic N) is 6. The summed E-state index contributed by atoms with van der Waals surface area (Å²) in [5.74, 6) is 0.415. The monoisotopic (exact) mass is 615 g/mol. The Kier molecular flexibility index (Phi) is 8.46. The number of aliphatic hydroxyl groups is 1. The fourth-order valence-electron chi connectivity index (χ4n) is 4.66. The van der Waals surface area contributed by atoms with E-state index in [-0.39, 0.29) is 22.5 Å². The Morgan fingerprint density at radius 1 is 1.05 bits per heavy atom. The van der Waals surface area contributed by atoms with Crippen LogP contribution in [-0.2, 0) is 10.1 Å². The number of hydrogen-bond acceptors (Lipinski definition) is 9. The van der Waals surface area contributed by atoms with Gasteiger partial charge in [-0.2, -0.15) is 13.5 Å². The van der Waals surface area contributed by atoms with Crippen LogP contribution in [0.2, 0.25) is 0 Å². The van der Waals surface area contributed by atoms with Crippen LogP contribution in [0.4, 0.5) is 17.1 Å². The fourth-order valence-corrected chi connectivity index (χ4v) is 5.19. The molecular formula is C31H33N7O5S. The number of rotatable bonds is 9. The van der Waals surface area contributed by atoms with Crippen LogP contribution in [0, 0.1) is 5.41 Å². The molecule has 4 aromatic rings. The molecule has 1 aliphatic heterocycles. The Morgan fingerprint density at radius 2 is 1.75 bits per heavy atom. The van der Waals surface area contributed by atoms with E-state index in [1.54, 1.807) is 24.3 Å². The molecule has 0 saturated heterocycles. The average Bonchev–Trinajstić information content (AvgIpc) is 3.56. The van der Waals surface area contributed by atoms with E-state index < -0.39 is 16.0 Å².